The lowest BCUT2D eigenvalue weighted by atomic mass is 9.99. The van der Waals surface area contributed by atoms with Gasteiger partial charge in [-0.3, -0.25) is 14.5 Å². The average Bonchev–Trinajstić information content (AvgIpc) is 3.67. The Labute approximate surface area is 241 Å². The van der Waals surface area contributed by atoms with E-state index in [2.05, 4.69) is 15.5 Å². The van der Waals surface area contributed by atoms with Crippen molar-refractivity contribution >= 4 is 11.8 Å². The minimum absolute atomic E-state index is 0.0171. The first-order chi connectivity index (χ1) is 20.0. The number of aliphatic hydroxyl groups is 2. The highest BCUT2D eigenvalue weighted by Crippen LogP contribution is 2.32. The number of carbonyl (C=O) groups is 2. The number of fused-ring (bicyclic) bond motifs is 5. The molecule has 0 aromatic heterocycles. The molecule has 0 spiro atoms. The van der Waals surface area contributed by atoms with Gasteiger partial charge >= 0.3 is 0 Å². The Kier molecular flexibility index (Phi) is 8.57. The summed E-state index contributed by atoms with van der Waals surface area (Å²) in [7, 11) is 0. The zero-order valence-corrected chi connectivity index (χ0v) is 23.5. The van der Waals surface area contributed by atoms with Crippen molar-refractivity contribution in [3.63, 3.8) is 0 Å². The molecular formula is C32H41N3O6. The van der Waals surface area contributed by atoms with Crippen molar-refractivity contribution in [2.24, 2.45) is 0 Å². The van der Waals surface area contributed by atoms with Crippen LogP contribution in [-0.4, -0.2) is 83.1 Å². The maximum Gasteiger partial charge on any atom is 0.255 e. The van der Waals surface area contributed by atoms with E-state index in [1.807, 2.05) is 36.4 Å². The number of hydrogen-bond acceptors (Lipinski definition) is 7. The molecule has 2 aromatic carbocycles. The fourth-order valence-corrected chi connectivity index (χ4v) is 6.90. The van der Waals surface area contributed by atoms with Crippen molar-refractivity contribution < 1.29 is 29.3 Å². The van der Waals surface area contributed by atoms with Crippen LogP contribution in [0.2, 0.25) is 0 Å². The van der Waals surface area contributed by atoms with Crippen molar-refractivity contribution in [3.05, 3.63) is 53.6 Å². The number of likely N-dealkylation sites (tertiary alicyclic amines) is 1. The Balaban J connectivity index is 1.29. The molecule has 1 saturated carbocycles. The Bertz CT molecular complexity index is 1230. The van der Waals surface area contributed by atoms with Gasteiger partial charge in [-0.2, -0.15) is 0 Å². The van der Waals surface area contributed by atoms with Gasteiger partial charge in [0.15, 0.2) is 0 Å². The molecule has 3 fully saturated rings. The average molecular weight is 564 g/mol. The van der Waals surface area contributed by atoms with Crippen molar-refractivity contribution in [3.8, 4) is 16.9 Å². The minimum Gasteiger partial charge on any atom is -0.493 e. The third kappa shape index (κ3) is 6.28. The topological polar surface area (TPSA) is 120 Å². The van der Waals surface area contributed by atoms with Crippen molar-refractivity contribution in [2.75, 3.05) is 19.7 Å². The Morgan fingerprint density at radius 3 is 2.51 bits per heavy atom. The lowest BCUT2D eigenvalue weighted by molar-refractivity contribution is -0.134. The van der Waals surface area contributed by atoms with E-state index in [1.54, 1.807) is 6.07 Å². The molecular weight excluding hydrogens is 522 g/mol. The van der Waals surface area contributed by atoms with Gasteiger partial charge in [0, 0.05) is 31.6 Å². The zero-order valence-electron chi connectivity index (χ0n) is 23.5. The molecule has 3 aliphatic heterocycles. The van der Waals surface area contributed by atoms with Gasteiger partial charge < -0.3 is 30.3 Å². The second-order valence-electron chi connectivity index (χ2n) is 11.9. The normalized spacial score (nSPS) is 29.9. The lowest BCUT2D eigenvalue weighted by Crippen LogP contribution is -2.51. The quantitative estimate of drug-likeness (QED) is 0.453. The SMILES string of the molecule is O=C1N[C@H]2C[C@@H](C(=O)NC[C@H]3O[C@H](CCOc4cc(-c5ccc(CO)cc5)ccc41)CC[C@@H]3O)N(C1CCCC1)C2. The van der Waals surface area contributed by atoms with Crippen LogP contribution in [0, 0.1) is 0 Å². The maximum absolute atomic E-state index is 13.6. The third-order valence-corrected chi connectivity index (χ3v) is 9.22. The first-order valence-electron chi connectivity index (χ1n) is 15.1. The molecule has 5 atom stereocenters. The summed E-state index contributed by atoms with van der Waals surface area (Å²) in [5, 5.41) is 26.3. The van der Waals surface area contributed by atoms with Crippen LogP contribution >= 0.6 is 0 Å². The maximum atomic E-state index is 13.6. The molecule has 0 unspecified atom stereocenters. The van der Waals surface area contributed by atoms with Crippen LogP contribution < -0.4 is 15.4 Å². The predicted molar refractivity (Wildman–Crippen MR) is 153 cm³/mol. The molecule has 220 valence electrons. The largest absolute Gasteiger partial charge is 0.493 e. The molecule has 4 bridgehead atoms. The van der Waals surface area contributed by atoms with E-state index in [0.29, 0.717) is 56.2 Å². The highest BCUT2D eigenvalue weighted by molar-refractivity contribution is 5.98. The summed E-state index contributed by atoms with van der Waals surface area (Å²) in [5.41, 5.74) is 3.18. The summed E-state index contributed by atoms with van der Waals surface area (Å²) in [6.45, 7) is 1.24. The zero-order chi connectivity index (χ0) is 28.3. The molecule has 41 heavy (non-hydrogen) atoms. The van der Waals surface area contributed by atoms with Crippen molar-refractivity contribution in [2.45, 2.75) is 94.4 Å². The summed E-state index contributed by atoms with van der Waals surface area (Å²) in [5.74, 6) is 0.244. The molecule has 9 heteroatoms. The third-order valence-electron chi connectivity index (χ3n) is 9.22. The second-order valence-corrected chi connectivity index (χ2v) is 11.9. The first kappa shape index (κ1) is 28.2. The molecule has 4 N–H and O–H groups in total. The monoisotopic (exact) mass is 563 g/mol. The molecule has 2 amide bonds. The predicted octanol–water partition coefficient (Wildman–Crippen LogP) is 2.77. The summed E-state index contributed by atoms with van der Waals surface area (Å²) in [6.07, 6.45) is 5.73. The number of benzene rings is 2. The van der Waals surface area contributed by atoms with Crippen LogP contribution in [0.1, 0.15) is 67.3 Å². The van der Waals surface area contributed by atoms with Crippen molar-refractivity contribution in [1.82, 2.24) is 15.5 Å². The number of carbonyl (C=O) groups excluding carboxylic acids is 2. The Morgan fingerprint density at radius 2 is 1.73 bits per heavy atom. The second kappa shape index (κ2) is 12.5. The summed E-state index contributed by atoms with van der Waals surface area (Å²) < 4.78 is 12.5. The summed E-state index contributed by atoms with van der Waals surface area (Å²) >= 11 is 0. The van der Waals surface area contributed by atoms with Crippen LogP contribution in [0.15, 0.2) is 42.5 Å². The van der Waals surface area contributed by atoms with Gasteiger partial charge in [0.05, 0.1) is 37.0 Å². The Hall–Kier alpha value is -2.98. The van der Waals surface area contributed by atoms with Crippen LogP contribution in [0.5, 0.6) is 5.75 Å². The molecule has 0 radical (unpaired) electrons. The molecule has 1 aliphatic carbocycles. The van der Waals surface area contributed by atoms with Crippen LogP contribution in [0.3, 0.4) is 0 Å². The molecule has 2 aromatic rings. The van der Waals surface area contributed by atoms with E-state index in [1.165, 1.54) is 0 Å². The number of ether oxygens (including phenoxy) is 2. The van der Waals surface area contributed by atoms with Gasteiger partial charge in [-0.25, -0.2) is 0 Å². The number of hydrogen-bond donors (Lipinski definition) is 4. The van der Waals surface area contributed by atoms with Gasteiger partial charge in [-0.15, -0.1) is 0 Å². The van der Waals surface area contributed by atoms with Gasteiger partial charge in [0.25, 0.3) is 5.91 Å². The van der Waals surface area contributed by atoms with E-state index in [0.717, 1.165) is 42.4 Å². The first-order valence-corrected chi connectivity index (χ1v) is 15.1. The van der Waals surface area contributed by atoms with E-state index >= 15 is 0 Å². The highest BCUT2D eigenvalue weighted by atomic mass is 16.5. The number of nitrogens with one attached hydrogen (secondary N) is 2. The fraction of sp³-hybridized carbons (Fsp3) is 0.562. The number of nitrogens with zero attached hydrogens (tertiary/aromatic N) is 1. The van der Waals surface area contributed by atoms with Gasteiger partial charge in [0.2, 0.25) is 5.91 Å². The number of aliphatic hydroxyl groups excluding tert-OH is 2. The van der Waals surface area contributed by atoms with Crippen LogP contribution in [-0.2, 0) is 16.1 Å². The fourth-order valence-electron chi connectivity index (χ4n) is 6.90. The van der Waals surface area contributed by atoms with Crippen LogP contribution in [0.25, 0.3) is 11.1 Å². The van der Waals surface area contributed by atoms with Gasteiger partial charge in [0.1, 0.15) is 11.9 Å². The number of amides is 2. The van der Waals surface area contributed by atoms with Crippen molar-refractivity contribution in [1.29, 1.82) is 0 Å². The minimum atomic E-state index is -0.617. The summed E-state index contributed by atoms with van der Waals surface area (Å²) in [6, 6.07) is 13.1. The van der Waals surface area contributed by atoms with E-state index in [9.17, 15) is 19.8 Å². The summed E-state index contributed by atoms with van der Waals surface area (Å²) in [4.78, 5) is 29.4. The van der Waals surface area contributed by atoms with Gasteiger partial charge in [-0.1, -0.05) is 43.2 Å². The Morgan fingerprint density at radius 1 is 0.951 bits per heavy atom. The highest BCUT2D eigenvalue weighted by Gasteiger charge is 2.42. The van der Waals surface area contributed by atoms with Gasteiger partial charge in [-0.05, 0) is 60.9 Å². The molecule has 3 heterocycles. The standard InChI is InChI=1S/C32H41N3O6/c36-19-20-5-7-21(8-6-20)22-9-11-26-29(15-22)40-14-13-25-10-12-28(37)30(41-25)17-33-32(39)27-16-23(34-31(26)38)18-35(27)24-3-1-2-4-24/h5-9,11,15,23-25,27-28,30,36-37H,1-4,10,12-14,16-19H2,(H,33,39)(H,34,38)/t23-,25-,27-,28-,30+/m0/s1. The smallest absolute Gasteiger partial charge is 0.255 e. The van der Waals surface area contributed by atoms with Crippen LogP contribution in [0.4, 0.5) is 0 Å². The lowest BCUT2D eigenvalue weighted by Gasteiger charge is -2.35. The molecule has 2 saturated heterocycles. The molecule has 4 aliphatic rings. The molecule has 6 rings (SSSR count). The molecule has 9 nitrogen and oxygen atoms in total. The number of rotatable bonds is 3. The van der Waals surface area contributed by atoms with E-state index < -0.39 is 12.2 Å². The van der Waals surface area contributed by atoms with E-state index in [4.69, 9.17) is 9.47 Å². The van der Waals surface area contributed by atoms with E-state index in [-0.39, 0.29) is 43.2 Å².